The topological polar surface area (TPSA) is 52.0 Å². The molecule has 0 spiro atoms. The fourth-order valence-electron chi connectivity index (χ4n) is 2.20. The Morgan fingerprint density at radius 3 is 1.95 bits per heavy atom. The number of hydrogen-bond acceptors (Lipinski definition) is 2. The van der Waals surface area contributed by atoms with Crippen molar-refractivity contribution in [3.05, 3.63) is 54.9 Å². The van der Waals surface area contributed by atoms with Crippen LogP contribution < -0.4 is 11.5 Å². The van der Waals surface area contributed by atoms with Crippen LogP contribution in [0.4, 0.5) is 11.4 Å². The first kappa shape index (κ1) is 17.3. The monoisotopic (exact) mass is 538 g/mol. The van der Waals surface area contributed by atoms with Crippen LogP contribution in [0.15, 0.2) is 43.7 Å². The van der Waals surface area contributed by atoms with Crippen LogP contribution in [0, 0.1) is 0 Å². The maximum absolute atomic E-state index is 5.98. The van der Waals surface area contributed by atoms with E-state index in [-0.39, 0.29) is 5.92 Å². The van der Waals surface area contributed by atoms with Gasteiger partial charge in [-0.05, 0) is 89.6 Å². The van der Waals surface area contributed by atoms with Crippen molar-refractivity contribution in [3.63, 3.8) is 0 Å². The number of anilines is 2. The molecule has 112 valence electrons. The Labute approximate surface area is 158 Å². The van der Waals surface area contributed by atoms with Crippen LogP contribution in [0.1, 0.15) is 23.5 Å². The van der Waals surface area contributed by atoms with E-state index in [9.17, 15) is 0 Å². The fourth-order valence-corrected chi connectivity index (χ4v) is 4.28. The van der Waals surface area contributed by atoms with Crippen molar-refractivity contribution in [2.45, 2.75) is 12.3 Å². The minimum atomic E-state index is 0.273. The average Bonchev–Trinajstić information content (AvgIpc) is 2.45. The lowest BCUT2D eigenvalue weighted by Gasteiger charge is -2.19. The minimum absolute atomic E-state index is 0.273. The summed E-state index contributed by atoms with van der Waals surface area (Å²) in [5.41, 5.74) is 15.8. The Morgan fingerprint density at radius 1 is 0.857 bits per heavy atom. The molecule has 2 aromatic carbocycles. The summed E-state index contributed by atoms with van der Waals surface area (Å²) in [5.74, 6) is 0.273. The molecule has 2 nitrogen and oxygen atoms in total. The molecule has 2 rings (SSSR count). The van der Waals surface area contributed by atoms with Gasteiger partial charge in [-0.1, -0.05) is 22.0 Å². The van der Waals surface area contributed by atoms with Crippen molar-refractivity contribution >= 4 is 75.1 Å². The van der Waals surface area contributed by atoms with Crippen molar-refractivity contribution in [2.24, 2.45) is 0 Å². The molecular weight excluding hydrogens is 528 g/mol. The zero-order valence-electron chi connectivity index (χ0n) is 11.0. The van der Waals surface area contributed by atoms with Crippen molar-refractivity contribution in [1.82, 2.24) is 0 Å². The summed E-state index contributed by atoms with van der Waals surface area (Å²) in [5, 5.41) is 0.916. The highest BCUT2D eigenvalue weighted by Gasteiger charge is 2.17. The second kappa shape index (κ2) is 7.49. The first-order chi connectivity index (χ1) is 9.93. The fraction of sp³-hybridized carbons (Fsp3) is 0.200. The standard InChI is InChI=1S/C15H14Br4N2/c16-4-3-10(8-1-2-14(20)11(17)5-8)9-6-12(18)15(21)13(19)7-9/h1-2,5-7,10H,3-4,20-21H2. The summed E-state index contributed by atoms with van der Waals surface area (Å²) in [4.78, 5) is 0. The number of alkyl halides is 1. The van der Waals surface area contributed by atoms with E-state index < -0.39 is 0 Å². The maximum atomic E-state index is 5.98. The van der Waals surface area contributed by atoms with E-state index in [1.807, 2.05) is 6.07 Å². The number of rotatable bonds is 4. The molecule has 0 radical (unpaired) electrons. The third-order valence-corrected chi connectivity index (χ3v) is 5.79. The third-order valence-electron chi connectivity index (χ3n) is 3.33. The molecule has 0 aliphatic heterocycles. The lowest BCUT2D eigenvalue weighted by molar-refractivity contribution is 0.787. The van der Waals surface area contributed by atoms with Crippen molar-refractivity contribution in [1.29, 1.82) is 0 Å². The number of nitrogen functional groups attached to an aromatic ring is 2. The van der Waals surface area contributed by atoms with Gasteiger partial charge in [0.25, 0.3) is 0 Å². The predicted octanol–water partition coefficient (Wildman–Crippen LogP) is 6.06. The van der Waals surface area contributed by atoms with Gasteiger partial charge in [-0.25, -0.2) is 0 Å². The summed E-state index contributed by atoms with van der Waals surface area (Å²) in [6.07, 6.45) is 0.985. The Balaban J connectivity index is 2.50. The highest BCUT2D eigenvalue weighted by Crippen LogP contribution is 2.37. The Hall–Kier alpha value is -0.0400. The lowest BCUT2D eigenvalue weighted by atomic mass is 9.89. The van der Waals surface area contributed by atoms with Crippen LogP contribution in [0.25, 0.3) is 0 Å². The molecule has 0 aliphatic carbocycles. The first-order valence-corrected chi connectivity index (χ1v) is 9.79. The van der Waals surface area contributed by atoms with Crippen LogP contribution >= 0.6 is 63.7 Å². The molecule has 0 heterocycles. The molecule has 0 saturated carbocycles. The van der Waals surface area contributed by atoms with Gasteiger partial charge in [-0.3, -0.25) is 0 Å². The highest BCUT2D eigenvalue weighted by molar-refractivity contribution is 9.11. The number of nitrogens with two attached hydrogens (primary N) is 2. The summed E-state index contributed by atoms with van der Waals surface area (Å²) in [7, 11) is 0. The maximum Gasteiger partial charge on any atom is 0.0603 e. The van der Waals surface area contributed by atoms with Crippen molar-refractivity contribution in [2.75, 3.05) is 16.8 Å². The van der Waals surface area contributed by atoms with Crippen LogP contribution in [0.2, 0.25) is 0 Å². The molecule has 0 amide bonds. The molecule has 0 aliphatic rings. The number of hydrogen-bond donors (Lipinski definition) is 2. The summed E-state index contributed by atoms with van der Waals surface area (Å²) >= 11 is 14.1. The molecule has 6 heteroatoms. The second-order valence-electron chi connectivity index (χ2n) is 4.71. The van der Waals surface area contributed by atoms with Gasteiger partial charge in [0.1, 0.15) is 0 Å². The quantitative estimate of drug-likeness (QED) is 0.365. The number of benzene rings is 2. The molecule has 0 aromatic heterocycles. The summed E-state index contributed by atoms with van der Waals surface area (Å²) in [6.45, 7) is 0. The van der Waals surface area contributed by atoms with Gasteiger partial charge in [0.15, 0.2) is 0 Å². The molecule has 2 aromatic rings. The van der Waals surface area contributed by atoms with E-state index in [1.165, 1.54) is 11.1 Å². The van der Waals surface area contributed by atoms with Crippen molar-refractivity contribution in [3.8, 4) is 0 Å². The molecular formula is C15H14Br4N2. The molecule has 0 fully saturated rings. The highest BCUT2D eigenvalue weighted by atomic mass is 79.9. The van der Waals surface area contributed by atoms with Crippen LogP contribution in [0.5, 0.6) is 0 Å². The molecule has 4 N–H and O–H groups in total. The smallest absolute Gasteiger partial charge is 0.0603 e. The molecule has 1 atom stereocenters. The van der Waals surface area contributed by atoms with E-state index in [2.05, 4.69) is 88.0 Å². The first-order valence-electron chi connectivity index (χ1n) is 6.29. The van der Waals surface area contributed by atoms with Gasteiger partial charge in [0.2, 0.25) is 0 Å². The Morgan fingerprint density at radius 2 is 1.43 bits per heavy atom. The minimum Gasteiger partial charge on any atom is -0.398 e. The molecule has 0 saturated heterocycles. The Bertz CT molecular complexity index is 635. The van der Waals surface area contributed by atoms with Crippen LogP contribution in [-0.2, 0) is 0 Å². The average molecular weight is 542 g/mol. The van der Waals surface area contributed by atoms with Gasteiger partial charge < -0.3 is 11.5 Å². The van der Waals surface area contributed by atoms with E-state index in [0.717, 1.165) is 36.5 Å². The van der Waals surface area contributed by atoms with E-state index >= 15 is 0 Å². The zero-order valence-corrected chi connectivity index (χ0v) is 17.4. The van der Waals surface area contributed by atoms with E-state index in [0.29, 0.717) is 0 Å². The van der Waals surface area contributed by atoms with Gasteiger partial charge in [-0.2, -0.15) is 0 Å². The second-order valence-corrected chi connectivity index (χ2v) is 8.07. The molecule has 0 bridgehead atoms. The Kier molecular flexibility index (Phi) is 6.17. The number of halogens is 4. The zero-order chi connectivity index (χ0) is 15.6. The molecule has 1 unspecified atom stereocenters. The van der Waals surface area contributed by atoms with Crippen LogP contribution in [-0.4, -0.2) is 5.33 Å². The predicted molar refractivity (Wildman–Crippen MR) is 105 cm³/mol. The van der Waals surface area contributed by atoms with Crippen LogP contribution in [0.3, 0.4) is 0 Å². The van der Waals surface area contributed by atoms with Gasteiger partial charge in [0, 0.05) is 30.4 Å². The lowest BCUT2D eigenvalue weighted by Crippen LogP contribution is -2.04. The SMILES string of the molecule is Nc1ccc(C(CCBr)c2cc(Br)c(N)c(Br)c2)cc1Br. The van der Waals surface area contributed by atoms with E-state index in [1.54, 1.807) is 0 Å². The third kappa shape index (κ3) is 4.03. The molecule has 21 heavy (non-hydrogen) atoms. The normalized spacial score (nSPS) is 12.4. The largest absolute Gasteiger partial charge is 0.398 e. The van der Waals surface area contributed by atoms with E-state index in [4.69, 9.17) is 11.5 Å². The van der Waals surface area contributed by atoms with Gasteiger partial charge >= 0.3 is 0 Å². The van der Waals surface area contributed by atoms with Gasteiger partial charge in [-0.15, -0.1) is 0 Å². The van der Waals surface area contributed by atoms with Gasteiger partial charge in [0.05, 0.1) is 5.69 Å². The summed E-state index contributed by atoms with van der Waals surface area (Å²) in [6, 6.07) is 10.3. The summed E-state index contributed by atoms with van der Waals surface area (Å²) < 4.78 is 2.73. The van der Waals surface area contributed by atoms with Crippen molar-refractivity contribution < 1.29 is 0 Å².